The number of imidazole rings is 1. The van der Waals surface area contributed by atoms with E-state index in [2.05, 4.69) is 26.7 Å². The fourth-order valence-corrected chi connectivity index (χ4v) is 2.00. The highest BCUT2D eigenvalue weighted by atomic mass is 16.5. The highest BCUT2D eigenvalue weighted by Gasteiger charge is 2.12. The van der Waals surface area contributed by atoms with E-state index in [1.165, 1.54) is 0 Å². The Morgan fingerprint density at radius 2 is 2.14 bits per heavy atom. The van der Waals surface area contributed by atoms with Gasteiger partial charge in [0.1, 0.15) is 29.4 Å². The Labute approximate surface area is 121 Å². The van der Waals surface area contributed by atoms with E-state index in [0.29, 0.717) is 18.2 Å². The van der Waals surface area contributed by atoms with Gasteiger partial charge in [-0.15, -0.1) is 0 Å². The number of methoxy groups -OCH3 is 1. The molecule has 0 saturated carbocycles. The van der Waals surface area contributed by atoms with Crippen LogP contribution in [-0.2, 0) is 0 Å². The molecule has 1 N–H and O–H groups in total. The van der Waals surface area contributed by atoms with E-state index >= 15 is 0 Å². The van der Waals surface area contributed by atoms with E-state index in [1.54, 1.807) is 25.6 Å². The summed E-state index contributed by atoms with van der Waals surface area (Å²) in [5.74, 6) is 2.09. The van der Waals surface area contributed by atoms with Crippen molar-refractivity contribution in [2.45, 2.75) is 0 Å². The Kier molecular flexibility index (Phi) is 3.51. The number of nitrogens with one attached hydrogen (secondary N) is 1. The number of aromatic nitrogens is 4. The molecule has 0 aliphatic heterocycles. The van der Waals surface area contributed by atoms with Gasteiger partial charge in [-0.1, -0.05) is 12.7 Å². The van der Waals surface area contributed by atoms with Gasteiger partial charge in [0.15, 0.2) is 0 Å². The first-order valence-corrected chi connectivity index (χ1v) is 6.40. The minimum Gasteiger partial charge on any atom is -0.497 e. The third kappa shape index (κ3) is 2.55. The minimum atomic E-state index is 0.406. The molecule has 0 aliphatic carbocycles. The van der Waals surface area contributed by atoms with E-state index in [0.717, 1.165) is 22.3 Å². The van der Waals surface area contributed by atoms with Crippen LogP contribution < -0.4 is 9.47 Å². The molecule has 3 rings (SSSR count). The molecule has 0 radical (unpaired) electrons. The zero-order valence-corrected chi connectivity index (χ0v) is 11.5. The summed E-state index contributed by atoms with van der Waals surface area (Å²) in [5, 5.41) is 7.66. The number of H-pyrrole nitrogens is 1. The summed E-state index contributed by atoms with van der Waals surface area (Å²) in [7, 11) is 1.62. The Morgan fingerprint density at radius 3 is 2.90 bits per heavy atom. The number of rotatable bonds is 5. The SMILES string of the molecule is C=CCOc1cc(OC)ccc1-c1nc2cnncc2[nH]1. The summed E-state index contributed by atoms with van der Waals surface area (Å²) in [6.07, 6.45) is 4.94. The van der Waals surface area contributed by atoms with Crippen molar-refractivity contribution >= 4 is 11.0 Å². The van der Waals surface area contributed by atoms with E-state index in [4.69, 9.17) is 9.47 Å². The molecule has 0 unspecified atom stereocenters. The Hall–Kier alpha value is -2.89. The molecule has 0 spiro atoms. The van der Waals surface area contributed by atoms with Crippen LogP contribution in [0.1, 0.15) is 0 Å². The van der Waals surface area contributed by atoms with Crippen LogP contribution in [0.25, 0.3) is 22.4 Å². The van der Waals surface area contributed by atoms with Gasteiger partial charge in [-0.25, -0.2) is 4.98 Å². The lowest BCUT2D eigenvalue weighted by atomic mass is 10.2. The summed E-state index contributed by atoms with van der Waals surface area (Å²) in [4.78, 5) is 7.71. The van der Waals surface area contributed by atoms with Crippen LogP contribution in [0.4, 0.5) is 0 Å². The number of benzene rings is 1. The number of hydrogen-bond donors (Lipinski definition) is 1. The number of fused-ring (bicyclic) bond motifs is 1. The van der Waals surface area contributed by atoms with Crippen molar-refractivity contribution in [1.82, 2.24) is 20.2 Å². The Bertz CT molecular complexity index is 749. The van der Waals surface area contributed by atoms with Crippen molar-refractivity contribution in [1.29, 1.82) is 0 Å². The van der Waals surface area contributed by atoms with E-state index in [1.807, 2.05) is 18.2 Å². The van der Waals surface area contributed by atoms with Crippen LogP contribution >= 0.6 is 0 Å². The maximum Gasteiger partial charge on any atom is 0.142 e. The molecule has 6 heteroatoms. The van der Waals surface area contributed by atoms with Crippen LogP contribution in [0.2, 0.25) is 0 Å². The summed E-state index contributed by atoms with van der Waals surface area (Å²) < 4.78 is 10.9. The van der Waals surface area contributed by atoms with Crippen molar-refractivity contribution < 1.29 is 9.47 Å². The Balaban J connectivity index is 2.08. The van der Waals surface area contributed by atoms with Crippen LogP contribution in [0, 0.1) is 0 Å². The number of ether oxygens (including phenoxy) is 2. The molecular formula is C15H14N4O2. The lowest BCUT2D eigenvalue weighted by molar-refractivity contribution is 0.358. The first-order chi connectivity index (χ1) is 10.3. The fraction of sp³-hybridized carbons (Fsp3) is 0.133. The summed E-state index contributed by atoms with van der Waals surface area (Å²) >= 11 is 0. The third-order valence-corrected chi connectivity index (χ3v) is 3.00. The normalized spacial score (nSPS) is 10.5. The van der Waals surface area contributed by atoms with Gasteiger partial charge in [0.2, 0.25) is 0 Å². The zero-order valence-electron chi connectivity index (χ0n) is 11.5. The summed E-state index contributed by atoms with van der Waals surface area (Å²) in [6, 6.07) is 5.58. The zero-order chi connectivity index (χ0) is 14.7. The monoisotopic (exact) mass is 282 g/mol. The van der Waals surface area contributed by atoms with Gasteiger partial charge in [-0.05, 0) is 12.1 Å². The van der Waals surface area contributed by atoms with E-state index < -0.39 is 0 Å². The van der Waals surface area contributed by atoms with Gasteiger partial charge < -0.3 is 14.5 Å². The van der Waals surface area contributed by atoms with Gasteiger partial charge in [-0.2, -0.15) is 10.2 Å². The summed E-state index contributed by atoms with van der Waals surface area (Å²) in [6.45, 7) is 4.07. The molecule has 0 saturated heterocycles. The number of nitrogens with zero attached hydrogens (tertiary/aromatic N) is 3. The molecule has 2 heterocycles. The summed E-state index contributed by atoms with van der Waals surface area (Å²) in [5.41, 5.74) is 2.42. The second kappa shape index (κ2) is 5.62. The molecule has 0 aliphatic rings. The second-order valence-corrected chi connectivity index (χ2v) is 4.34. The first kappa shape index (κ1) is 13.1. The van der Waals surface area contributed by atoms with Crippen LogP contribution in [0.3, 0.4) is 0 Å². The molecule has 2 aromatic heterocycles. The lowest BCUT2D eigenvalue weighted by Gasteiger charge is -2.10. The third-order valence-electron chi connectivity index (χ3n) is 3.00. The maximum absolute atomic E-state index is 5.69. The van der Waals surface area contributed by atoms with Gasteiger partial charge in [-0.3, -0.25) is 0 Å². The average Bonchev–Trinajstić information content (AvgIpc) is 2.96. The topological polar surface area (TPSA) is 72.9 Å². The van der Waals surface area contributed by atoms with Crippen molar-refractivity contribution in [2.24, 2.45) is 0 Å². The number of aromatic amines is 1. The first-order valence-electron chi connectivity index (χ1n) is 6.40. The van der Waals surface area contributed by atoms with E-state index in [-0.39, 0.29) is 0 Å². The van der Waals surface area contributed by atoms with Gasteiger partial charge >= 0.3 is 0 Å². The molecule has 3 aromatic rings. The quantitative estimate of drug-likeness (QED) is 0.728. The molecule has 0 atom stereocenters. The fourth-order valence-electron chi connectivity index (χ4n) is 2.00. The highest BCUT2D eigenvalue weighted by Crippen LogP contribution is 2.32. The van der Waals surface area contributed by atoms with Gasteiger partial charge in [0, 0.05) is 6.07 Å². The molecule has 0 fully saturated rings. The standard InChI is InChI=1S/C15H14N4O2/c1-3-6-21-14-7-10(20-2)4-5-11(14)15-18-12-8-16-17-9-13(12)19-15/h3-5,7-9H,1,6H2,2H3,(H,18,19). The molecule has 0 amide bonds. The minimum absolute atomic E-state index is 0.406. The average molecular weight is 282 g/mol. The molecule has 0 bridgehead atoms. The van der Waals surface area contributed by atoms with Crippen LogP contribution in [-0.4, -0.2) is 33.9 Å². The van der Waals surface area contributed by atoms with Gasteiger partial charge in [0.25, 0.3) is 0 Å². The molecule has 106 valence electrons. The molecule has 6 nitrogen and oxygen atoms in total. The highest BCUT2D eigenvalue weighted by molar-refractivity contribution is 5.79. The van der Waals surface area contributed by atoms with Crippen molar-refractivity contribution in [3.05, 3.63) is 43.2 Å². The van der Waals surface area contributed by atoms with E-state index in [9.17, 15) is 0 Å². The van der Waals surface area contributed by atoms with Crippen molar-refractivity contribution in [3.8, 4) is 22.9 Å². The molecule has 1 aromatic carbocycles. The lowest BCUT2D eigenvalue weighted by Crippen LogP contribution is -1.96. The molecular weight excluding hydrogens is 268 g/mol. The van der Waals surface area contributed by atoms with Crippen molar-refractivity contribution in [3.63, 3.8) is 0 Å². The maximum atomic E-state index is 5.69. The number of hydrogen-bond acceptors (Lipinski definition) is 5. The largest absolute Gasteiger partial charge is 0.497 e. The predicted molar refractivity (Wildman–Crippen MR) is 79.4 cm³/mol. The Morgan fingerprint density at radius 1 is 1.29 bits per heavy atom. The predicted octanol–water partition coefficient (Wildman–Crippen LogP) is 2.59. The van der Waals surface area contributed by atoms with Gasteiger partial charge in [0.05, 0.1) is 30.6 Å². The van der Waals surface area contributed by atoms with Crippen molar-refractivity contribution in [2.75, 3.05) is 13.7 Å². The molecule has 21 heavy (non-hydrogen) atoms. The second-order valence-electron chi connectivity index (χ2n) is 4.34. The smallest absolute Gasteiger partial charge is 0.142 e. The van der Waals surface area contributed by atoms with Crippen LogP contribution in [0.15, 0.2) is 43.2 Å². The van der Waals surface area contributed by atoms with Crippen LogP contribution in [0.5, 0.6) is 11.5 Å².